The predicted octanol–water partition coefficient (Wildman–Crippen LogP) is 1.11. The first-order valence-electron chi connectivity index (χ1n) is 4.89. The van der Waals surface area contributed by atoms with Crippen molar-refractivity contribution in [3.05, 3.63) is 27.7 Å². The lowest BCUT2D eigenvalue weighted by atomic mass is 10.3. The molecular formula is C9H13N5S. The number of hydrogen-bond acceptors (Lipinski definition) is 5. The molecule has 2 heterocycles. The number of nitrogens with zero attached hydrogens (tertiary/aromatic N) is 3. The number of aromatic amines is 1. The summed E-state index contributed by atoms with van der Waals surface area (Å²) < 4.78 is 0. The van der Waals surface area contributed by atoms with Crippen LogP contribution in [0.5, 0.6) is 0 Å². The lowest BCUT2D eigenvalue weighted by Gasteiger charge is -1.97. The molecule has 0 amide bonds. The average Bonchev–Trinajstić information content (AvgIpc) is 2.88. The summed E-state index contributed by atoms with van der Waals surface area (Å²) in [6.45, 7) is 3.68. The quantitative estimate of drug-likeness (QED) is 0.797. The Hall–Kier alpha value is -1.27. The lowest BCUT2D eigenvalue weighted by Crippen LogP contribution is -2.12. The SMILES string of the molecule is CCc1ccc(CNCc2nn[nH]n2)s1. The molecule has 2 N–H and O–H groups in total. The van der Waals surface area contributed by atoms with Crippen LogP contribution in [0.25, 0.3) is 0 Å². The van der Waals surface area contributed by atoms with Gasteiger partial charge in [-0.05, 0) is 18.6 Å². The van der Waals surface area contributed by atoms with Crippen molar-refractivity contribution in [2.45, 2.75) is 26.4 Å². The molecule has 0 atom stereocenters. The number of nitrogens with one attached hydrogen (secondary N) is 2. The van der Waals surface area contributed by atoms with Crippen molar-refractivity contribution in [1.29, 1.82) is 0 Å². The highest BCUT2D eigenvalue weighted by atomic mass is 32.1. The van der Waals surface area contributed by atoms with Crippen molar-refractivity contribution < 1.29 is 0 Å². The van der Waals surface area contributed by atoms with Crippen LogP contribution in [0, 0.1) is 0 Å². The zero-order chi connectivity index (χ0) is 10.5. The molecule has 2 aromatic heterocycles. The molecular weight excluding hydrogens is 210 g/mol. The fraction of sp³-hybridized carbons (Fsp3) is 0.444. The second kappa shape index (κ2) is 4.99. The van der Waals surface area contributed by atoms with Gasteiger partial charge in [-0.3, -0.25) is 0 Å². The Morgan fingerprint density at radius 2 is 2.20 bits per heavy atom. The molecule has 0 aromatic carbocycles. The molecule has 15 heavy (non-hydrogen) atoms. The van der Waals surface area contributed by atoms with Crippen molar-refractivity contribution in [2.75, 3.05) is 0 Å². The Labute approximate surface area is 91.9 Å². The summed E-state index contributed by atoms with van der Waals surface area (Å²) >= 11 is 1.84. The summed E-state index contributed by atoms with van der Waals surface area (Å²) in [6.07, 6.45) is 1.11. The fourth-order valence-corrected chi connectivity index (χ4v) is 2.19. The van der Waals surface area contributed by atoms with Crippen LogP contribution in [-0.2, 0) is 19.5 Å². The van der Waals surface area contributed by atoms with Gasteiger partial charge >= 0.3 is 0 Å². The van der Waals surface area contributed by atoms with Crippen LogP contribution in [0.2, 0.25) is 0 Å². The van der Waals surface area contributed by atoms with Crippen molar-refractivity contribution in [3.8, 4) is 0 Å². The molecule has 2 aromatic rings. The molecule has 0 aliphatic carbocycles. The molecule has 0 saturated heterocycles. The van der Waals surface area contributed by atoms with E-state index in [0.717, 1.165) is 13.0 Å². The van der Waals surface area contributed by atoms with Gasteiger partial charge in [0, 0.05) is 16.3 Å². The molecule has 0 spiro atoms. The second-order valence-corrected chi connectivity index (χ2v) is 4.41. The smallest absolute Gasteiger partial charge is 0.188 e. The number of aryl methyl sites for hydroxylation is 1. The molecule has 0 aliphatic heterocycles. The monoisotopic (exact) mass is 223 g/mol. The summed E-state index contributed by atoms with van der Waals surface area (Å²) in [4.78, 5) is 2.77. The first kappa shape index (κ1) is 10.3. The van der Waals surface area contributed by atoms with E-state index >= 15 is 0 Å². The van der Waals surface area contributed by atoms with Gasteiger partial charge in [-0.15, -0.1) is 21.5 Å². The fourth-order valence-electron chi connectivity index (χ4n) is 1.26. The standard InChI is InChI=1S/C9H13N5S/c1-2-7-3-4-8(15-7)5-10-6-9-11-13-14-12-9/h3-4,10H,2,5-6H2,1H3,(H,11,12,13,14). The number of rotatable bonds is 5. The average molecular weight is 223 g/mol. The van der Waals surface area contributed by atoms with Gasteiger partial charge in [0.2, 0.25) is 0 Å². The molecule has 6 heteroatoms. The molecule has 80 valence electrons. The van der Waals surface area contributed by atoms with E-state index in [1.165, 1.54) is 9.75 Å². The predicted molar refractivity (Wildman–Crippen MR) is 58.4 cm³/mol. The van der Waals surface area contributed by atoms with E-state index in [0.29, 0.717) is 12.4 Å². The topological polar surface area (TPSA) is 66.5 Å². The molecule has 0 bridgehead atoms. The van der Waals surface area contributed by atoms with Crippen LogP contribution >= 0.6 is 11.3 Å². The maximum absolute atomic E-state index is 3.86. The van der Waals surface area contributed by atoms with Crippen LogP contribution in [0.4, 0.5) is 0 Å². The van der Waals surface area contributed by atoms with Gasteiger partial charge in [0.05, 0.1) is 6.54 Å². The third-order valence-electron chi connectivity index (χ3n) is 2.04. The van der Waals surface area contributed by atoms with Gasteiger partial charge in [-0.2, -0.15) is 5.21 Å². The lowest BCUT2D eigenvalue weighted by molar-refractivity contribution is 0.669. The first-order valence-corrected chi connectivity index (χ1v) is 5.70. The van der Waals surface area contributed by atoms with Gasteiger partial charge in [0.25, 0.3) is 0 Å². The van der Waals surface area contributed by atoms with E-state index in [1.54, 1.807) is 0 Å². The number of H-pyrrole nitrogens is 1. The van der Waals surface area contributed by atoms with Crippen LogP contribution in [-0.4, -0.2) is 20.6 Å². The minimum absolute atomic E-state index is 0.649. The van der Waals surface area contributed by atoms with Crippen LogP contribution in [0.3, 0.4) is 0 Å². The third kappa shape index (κ3) is 2.84. The summed E-state index contributed by atoms with van der Waals surface area (Å²) in [6, 6.07) is 4.34. The van der Waals surface area contributed by atoms with Gasteiger partial charge in [0.1, 0.15) is 0 Å². The molecule has 0 aliphatic rings. The highest BCUT2D eigenvalue weighted by molar-refractivity contribution is 7.11. The Morgan fingerprint density at radius 1 is 1.33 bits per heavy atom. The van der Waals surface area contributed by atoms with E-state index in [-0.39, 0.29) is 0 Å². The zero-order valence-electron chi connectivity index (χ0n) is 8.53. The van der Waals surface area contributed by atoms with Crippen LogP contribution in [0.15, 0.2) is 12.1 Å². The highest BCUT2D eigenvalue weighted by Gasteiger charge is 2.00. The van der Waals surface area contributed by atoms with Gasteiger partial charge < -0.3 is 5.32 Å². The molecule has 0 fully saturated rings. The molecule has 2 rings (SSSR count). The summed E-state index contributed by atoms with van der Waals surface area (Å²) in [5, 5.41) is 16.9. The normalized spacial score (nSPS) is 10.7. The van der Waals surface area contributed by atoms with Crippen LogP contribution < -0.4 is 5.32 Å². The van der Waals surface area contributed by atoms with Crippen molar-refractivity contribution >= 4 is 11.3 Å². The summed E-state index contributed by atoms with van der Waals surface area (Å²) in [5.41, 5.74) is 0. The molecule has 0 unspecified atom stereocenters. The molecule has 0 saturated carbocycles. The zero-order valence-corrected chi connectivity index (χ0v) is 9.34. The third-order valence-corrected chi connectivity index (χ3v) is 3.27. The van der Waals surface area contributed by atoms with Crippen LogP contribution in [0.1, 0.15) is 22.5 Å². The Balaban J connectivity index is 1.78. The first-order chi connectivity index (χ1) is 7.38. The molecule has 5 nitrogen and oxygen atoms in total. The number of aromatic nitrogens is 4. The van der Waals surface area contributed by atoms with Gasteiger partial charge in [-0.25, -0.2) is 0 Å². The number of tetrazole rings is 1. The van der Waals surface area contributed by atoms with E-state index < -0.39 is 0 Å². The van der Waals surface area contributed by atoms with Crippen molar-refractivity contribution in [1.82, 2.24) is 25.9 Å². The van der Waals surface area contributed by atoms with E-state index in [2.05, 4.69) is 45.0 Å². The number of thiophene rings is 1. The highest BCUT2D eigenvalue weighted by Crippen LogP contribution is 2.16. The van der Waals surface area contributed by atoms with Crippen molar-refractivity contribution in [2.24, 2.45) is 0 Å². The Bertz CT molecular complexity index is 394. The van der Waals surface area contributed by atoms with E-state index in [9.17, 15) is 0 Å². The van der Waals surface area contributed by atoms with Crippen molar-refractivity contribution in [3.63, 3.8) is 0 Å². The maximum Gasteiger partial charge on any atom is 0.188 e. The largest absolute Gasteiger partial charge is 0.305 e. The van der Waals surface area contributed by atoms with E-state index in [4.69, 9.17) is 0 Å². The minimum Gasteiger partial charge on any atom is -0.305 e. The second-order valence-electron chi connectivity index (χ2n) is 3.15. The maximum atomic E-state index is 3.86. The van der Waals surface area contributed by atoms with Gasteiger partial charge in [-0.1, -0.05) is 12.1 Å². The summed E-state index contributed by atoms with van der Waals surface area (Å²) in [7, 11) is 0. The Morgan fingerprint density at radius 3 is 2.87 bits per heavy atom. The molecule has 0 radical (unpaired) electrons. The number of hydrogen-bond donors (Lipinski definition) is 2. The Kier molecular flexibility index (Phi) is 3.41. The minimum atomic E-state index is 0.649. The summed E-state index contributed by atoms with van der Waals surface area (Å²) in [5.74, 6) is 0.697. The van der Waals surface area contributed by atoms with Gasteiger partial charge in [0.15, 0.2) is 5.82 Å². The van der Waals surface area contributed by atoms with E-state index in [1.807, 2.05) is 11.3 Å².